The van der Waals surface area contributed by atoms with Crippen molar-refractivity contribution in [1.29, 1.82) is 0 Å². The van der Waals surface area contributed by atoms with Crippen molar-refractivity contribution in [3.05, 3.63) is 66.0 Å². The van der Waals surface area contributed by atoms with Crippen molar-refractivity contribution in [3.8, 4) is 11.6 Å². The Morgan fingerprint density at radius 3 is 2.69 bits per heavy atom. The molecule has 0 saturated carbocycles. The van der Waals surface area contributed by atoms with E-state index in [4.69, 9.17) is 10.5 Å². The number of ether oxygens (including phenoxy) is 1. The predicted molar refractivity (Wildman–Crippen MR) is 104 cm³/mol. The molecule has 0 bridgehead atoms. The van der Waals surface area contributed by atoms with Crippen LogP contribution in [-0.4, -0.2) is 16.5 Å². The van der Waals surface area contributed by atoms with Crippen LogP contribution in [0.15, 0.2) is 54.9 Å². The third-order valence-corrected chi connectivity index (χ3v) is 4.74. The van der Waals surface area contributed by atoms with Crippen LogP contribution in [0.5, 0.6) is 11.6 Å². The number of nitrogens with zero attached hydrogens (tertiary/aromatic N) is 3. The van der Waals surface area contributed by atoms with Gasteiger partial charge in [-0.05, 0) is 48.6 Å². The maximum absolute atomic E-state index is 6.38. The fourth-order valence-corrected chi connectivity index (χ4v) is 3.33. The lowest BCUT2D eigenvalue weighted by Crippen LogP contribution is -2.26. The minimum atomic E-state index is 0.391. The molecular formula is C21H22N4O. The highest BCUT2D eigenvalue weighted by molar-refractivity contribution is 5.76. The van der Waals surface area contributed by atoms with Gasteiger partial charge in [-0.3, -0.25) is 0 Å². The first-order valence-corrected chi connectivity index (χ1v) is 8.99. The molecule has 0 radical (unpaired) electrons. The molecule has 5 heteroatoms. The Morgan fingerprint density at radius 2 is 1.88 bits per heavy atom. The van der Waals surface area contributed by atoms with Gasteiger partial charge in [0.05, 0.1) is 0 Å². The molecule has 2 aromatic carbocycles. The van der Waals surface area contributed by atoms with Crippen molar-refractivity contribution in [2.45, 2.75) is 26.2 Å². The zero-order chi connectivity index (χ0) is 17.9. The first-order chi connectivity index (χ1) is 12.8. The minimum Gasteiger partial charge on any atom is -0.437 e. The Labute approximate surface area is 153 Å². The van der Waals surface area contributed by atoms with Crippen LogP contribution in [-0.2, 0) is 12.8 Å². The lowest BCUT2D eigenvalue weighted by molar-refractivity contribution is 0.464. The Hall–Kier alpha value is -3.08. The molecule has 0 spiro atoms. The van der Waals surface area contributed by atoms with Gasteiger partial charge in [-0.2, -0.15) is 4.98 Å². The van der Waals surface area contributed by atoms with Crippen molar-refractivity contribution in [2.24, 2.45) is 0 Å². The van der Waals surface area contributed by atoms with Crippen LogP contribution in [0, 0.1) is 0 Å². The van der Waals surface area contributed by atoms with E-state index in [2.05, 4.69) is 52.1 Å². The summed E-state index contributed by atoms with van der Waals surface area (Å²) >= 11 is 0. The number of aryl methyl sites for hydroxylation is 2. The molecule has 5 nitrogen and oxygen atoms in total. The van der Waals surface area contributed by atoms with Gasteiger partial charge in [0.1, 0.15) is 17.8 Å². The van der Waals surface area contributed by atoms with Gasteiger partial charge in [-0.15, -0.1) is 0 Å². The van der Waals surface area contributed by atoms with Crippen LogP contribution in [0.1, 0.15) is 24.5 Å². The number of nitrogens with two attached hydrogens (primary N) is 1. The number of nitrogen functional groups attached to an aromatic ring is 1. The molecule has 1 aromatic heterocycles. The largest absolute Gasteiger partial charge is 0.437 e. The second kappa shape index (κ2) is 7.04. The van der Waals surface area contributed by atoms with Gasteiger partial charge >= 0.3 is 0 Å². The van der Waals surface area contributed by atoms with Crippen molar-refractivity contribution in [2.75, 3.05) is 17.2 Å². The summed E-state index contributed by atoms with van der Waals surface area (Å²) in [5.74, 6) is 1.81. The summed E-state index contributed by atoms with van der Waals surface area (Å²) in [6, 6.07) is 16.4. The fraction of sp³-hybridized carbons (Fsp3) is 0.238. The molecule has 1 aliphatic rings. The summed E-state index contributed by atoms with van der Waals surface area (Å²) in [6.45, 7) is 3.00. The average molecular weight is 346 g/mol. The van der Waals surface area contributed by atoms with Crippen molar-refractivity contribution < 1.29 is 4.74 Å². The van der Waals surface area contributed by atoms with Gasteiger partial charge in [-0.25, -0.2) is 4.98 Å². The highest BCUT2D eigenvalue weighted by Gasteiger charge is 2.22. The summed E-state index contributed by atoms with van der Waals surface area (Å²) in [5.41, 5.74) is 10.6. The summed E-state index contributed by atoms with van der Waals surface area (Å²) in [6.07, 6.45) is 4.65. The molecule has 2 N–H and O–H groups in total. The second-order valence-corrected chi connectivity index (χ2v) is 6.40. The highest BCUT2D eigenvalue weighted by Crippen LogP contribution is 2.38. The Kier molecular flexibility index (Phi) is 4.44. The summed E-state index contributed by atoms with van der Waals surface area (Å²) in [4.78, 5) is 10.8. The quantitative estimate of drug-likeness (QED) is 0.753. The number of hydrogen-bond acceptors (Lipinski definition) is 5. The second-order valence-electron chi connectivity index (χ2n) is 6.40. The Morgan fingerprint density at radius 1 is 1.08 bits per heavy atom. The van der Waals surface area contributed by atoms with Gasteiger partial charge < -0.3 is 15.4 Å². The number of fused-ring (bicyclic) bond motifs is 1. The van der Waals surface area contributed by atoms with Crippen LogP contribution in [0.4, 0.5) is 17.2 Å². The van der Waals surface area contributed by atoms with Crippen LogP contribution < -0.4 is 15.4 Å². The number of aromatic nitrogens is 2. The maximum Gasteiger partial charge on any atom is 0.248 e. The smallest absolute Gasteiger partial charge is 0.248 e. The van der Waals surface area contributed by atoms with Crippen LogP contribution >= 0.6 is 0 Å². The number of hydrogen-bond donors (Lipinski definition) is 1. The van der Waals surface area contributed by atoms with Gasteiger partial charge in [0.2, 0.25) is 5.88 Å². The molecule has 0 amide bonds. The van der Waals surface area contributed by atoms with Gasteiger partial charge in [-0.1, -0.05) is 37.3 Å². The van der Waals surface area contributed by atoms with E-state index < -0.39 is 0 Å². The molecule has 0 aliphatic carbocycles. The molecule has 1 aliphatic heterocycles. The zero-order valence-corrected chi connectivity index (χ0v) is 14.9. The first kappa shape index (κ1) is 16.4. The number of rotatable bonds is 4. The average Bonchev–Trinajstić information content (AvgIpc) is 2.70. The summed E-state index contributed by atoms with van der Waals surface area (Å²) in [7, 11) is 0. The molecule has 26 heavy (non-hydrogen) atoms. The van der Waals surface area contributed by atoms with Crippen molar-refractivity contribution in [1.82, 2.24) is 9.97 Å². The lowest BCUT2D eigenvalue weighted by atomic mass is 10.0. The third kappa shape index (κ3) is 3.08. The molecule has 4 rings (SSSR count). The van der Waals surface area contributed by atoms with Crippen molar-refractivity contribution in [3.63, 3.8) is 0 Å². The maximum atomic E-state index is 6.38. The van der Waals surface area contributed by atoms with Crippen LogP contribution in [0.2, 0.25) is 0 Å². The standard InChI is InChI=1S/C21H22N4O/c1-2-15-9-11-17(12-10-15)26-21-19(22)20(23-14-24-21)25-13-5-7-16-6-3-4-8-18(16)25/h3-4,6,8-12,14H,2,5,7,13,22H2,1H3. The molecule has 0 unspecified atom stereocenters. The Balaban J connectivity index is 1.66. The van der Waals surface area contributed by atoms with E-state index in [1.165, 1.54) is 17.5 Å². The molecule has 0 fully saturated rings. The van der Waals surface area contributed by atoms with E-state index in [-0.39, 0.29) is 0 Å². The van der Waals surface area contributed by atoms with Gasteiger partial charge in [0, 0.05) is 12.2 Å². The lowest BCUT2D eigenvalue weighted by Gasteiger charge is -2.31. The number of para-hydroxylation sites is 1. The van der Waals surface area contributed by atoms with Gasteiger partial charge in [0.15, 0.2) is 5.82 Å². The molecule has 0 saturated heterocycles. The van der Waals surface area contributed by atoms with Crippen LogP contribution in [0.3, 0.4) is 0 Å². The highest BCUT2D eigenvalue weighted by atomic mass is 16.5. The number of anilines is 3. The normalized spacial score (nSPS) is 13.3. The molecule has 0 atom stereocenters. The number of benzene rings is 2. The Bertz CT molecular complexity index is 908. The monoisotopic (exact) mass is 346 g/mol. The predicted octanol–water partition coefficient (Wildman–Crippen LogP) is 4.50. The molecule has 132 valence electrons. The molecular weight excluding hydrogens is 324 g/mol. The van der Waals surface area contributed by atoms with E-state index >= 15 is 0 Å². The van der Waals surface area contributed by atoms with E-state index in [0.29, 0.717) is 17.4 Å². The van der Waals surface area contributed by atoms with E-state index in [9.17, 15) is 0 Å². The van der Waals surface area contributed by atoms with Gasteiger partial charge in [0.25, 0.3) is 0 Å². The van der Waals surface area contributed by atoms with E-state index in [1.807, 2.05) is 18.2 Å². The van der Waals surface area contributed by atoms with Crippen LogP contribution in [0.25, 0.3) is 0 Å². The molecule has 2 heterocycles. The fourth-order valence-electron chi connectivity index (χ4n) is 3.33. The third-order valence-electron chi connectivity index (χ3n) is 4.74. The van der Waals surface area contributed by atoms with Crippen molar-refractivity contribution >= 4 is 17.2 Å². The molecule has 3 aromatic rings. The summed E-state index contributed by atoms with van der Waals surface area (Å²) in [5, 5.41) is 0. The SMILES string of the molecule is CCc1ccc(Oc2ncnc(N3CCCc4ccccc43)c2N)cc1. The zero-order valence-electron chi connectivity index (χ0n) is 14.9. The minimum absolute atomic E-state index is 0.391. The topological polar surface area (TPSA) is 64.3 Å². The van der Waals surface area contributed by atoms with E-state index in [0.717, 1.165) is 37.2 Å². The summed E-state index contributed by atoms with van der Waals surface area (Å²) < 4.78 is 5.93. The first-order valence-electron chi connectivity index (χ1n) is 8.99. The van der Waals surface area contributed by atoms with E-state index in [1.54, 1.807) is 0 Å².